The Bertz CT molecular complexity index is 1140. The van der Waals surface area contributed by atoms with Crippen molar-refractivity contribution in [3.63, 3.8) is 0 Å². The number of nitrogens with two attached hydrogens (primary N) is 1. The van der Waals surface area contributed by atoms with Crippen LogP contribution in [-0.2, 0) is 14.4 Å². The second kappa shape index (κ2) is 6.89. The Morgan fingerprint density at radius 1 is 1.16 bits per heavy atom. The topological polar surface area (TPSA) is 182 Å². The third kappa shape index (κ3) is 2.48. The number of amides is 1. The van der Waals surface area contributed by atoms with Gasteiger partial charge < -0.3 is 31.3 Å². The number of phenols is 1. The third-order valence-corrected chi connectivity index (χ3v) is 6.99. The molecule has 1 amide bonds. The van der Waals surface area contributed by atoms with E-state index >= 15 is 0 Å². The van der Waals surface area contributed by atoms with E-state index in [0.29, 0.717) is 5.56 Å². The van der Waals surface area contributed by atoms with E-state index in [0.717, 1.165) is 0 Å². The van der Waals surface area contributed by atoms with Crippen LogP contribution in [-0.4, -0.2) is 79.7 Å². The zero-order chi connectivity index (χ0) is 23.9. The minimum atomic E-state index is -2.89. The van der Waals surface area contributed by atoms with Gasteiger partial charge in [0.05, 0.1) is 23.6 Å². The van der Waals surface area contributed by atoms with Gasteiger partial charge in [-0.2, -0.15) is 0 Å². The van der Waals surface area contributed by atoms with Gasteiger partial charge in [0.25, 0.3) is 5.91 Å². The van der Waals surface area contributed by atoms with Crippen molar-refractivity contribution >= 4 is 23.2 Å². The number of benzene rings is 1. The molecule has 1 aromatic carbocycles. The molecule has 0 heterocycles. The molecule has 10 heteroatoms. The molecule has 0 bridgehead atoms. The molecule has 1 saturated carbocycles. The van der Waals surface area contributed by atoms with Crippen molar-refractivity contribution in [3.05, 3.63) is 46.2 Å². The minimum absolute atomic E-state index is 0.0245. The Morgan fingerprint density at radius 3 is 2.34 bits per heavy atom. The van der Waals surface area contributed by atoms with Crippen LogP contribution in [0.2, 0.25) is 0 Å². The van der Waals surface area contributed by atoms with Gasteiger partial charge in [-0.25, -0.2) is 0 Å². The van der Waals surface area contributed by atoms with Gasteiger partial charge in [0.1, 0.15) is 22.8 Å². The van der Waals surface area contributed by atoms with Crippen LogP contribution in [0.5, 0.6) is 5.75 Å². The van der Waals surface area contributed by atoms with Crippen molar-refractivity contribution in [2.45, 2.75) is 30.6 Å². The van der Waals surface area contributed by atoms with Crippen molar-refractivity contribution in [3.8, 4) is 5.75 Å². The molecule has 3 aliphatic rings. The van der Waals surface area contributed by atoms with Crippen LogP contribution in [0.1, 0.15) is 24.0 Å². The summed E-state index contributed by atoms with van der Waals surface area (Å²) < 4.78 is 0. The molecule has 0 radical (unpaired) electrons. The first-order chi connectivity index (χ1) is 14.9. The minimum Gasteiger partial charge on any atom is -0.508 e. The largest absolute Gasteiger partial charge is 0.508 e. The lowest BCUT2D eigenvalue weighted by Gasteiger charge is -2.53. The number of hydrogen-bond donors (Lipinski definition) is 6. The second-order valence-electron chi connectivity index (χ2n) is 8.79. The van der Waals surface area contributed by atoms with Gasteiger partial charge in [-0.15, -0.1) is 0 Å². The van der Waals surface area contributed by atoms with Crippen LogP contribution < -0.4 is 5.73 Å². The molecule has 7 N–H and O–H groups in total. The summed E-state index contributed by atoms with van der Waals surface area (Å²) in [5, 5.41) is 54.9. The summed E-state index contributed by atoms with van der Waals surface area (Å²) in [5.74, 6) is -8.87. The first-order valence-corrected chi connectivity index (χ1v) is 10.0. The SMILES string of the molecule is C[C@@H]1c2cccc(O)c2C(O)=C2C(=O)[C@@]3(O)C(O)=C(C(N)=O)C(=O)[C@H](N(C)C)[C@@H]3[C@H](O)[C@H]21. The average molecular weight is 444 g/mol. The van der Waals surface area contributed by atoms with Crippen LogP contribution in [0.15, 0.2) is 35.1 Å². The summed E-state index contributed by atoms with van der Waals surface area (Å²) in [6.07, 6.45) is -1.59. The molecular formula is C22H24N2O8. The standard InChI is InChI=1S/C22H24N2O8/c1-7-8-5-4-6-9(25)11(8)16(26)12-10(7)17(27)14-15(24(2)3)18(28)13(21(23)31)20(30)22(14,32)19(12)29/h4-7,10,14-15,17,25-27,30,32H,1-3H3,(H2,23,31)/t7-,10+,14-,15-,17-,22-/m1/s1. The number of hydrogen-bond acceptors (Lipinski definition) is 9. The number of Topliss-reactive ketones (excluding diaryl/α,β-unsaturated/α-hetero) is 2. The average Bonchev–Trinajstić information content (AvgIpc) is 2.70. The van der Waals surface area contributed by atoms with Crippen molar-refractivity contribution < 1.29 is 39.9 Å². The highest BCUT2D eigenvalue weighted by Gasteiger charge is 2.68. The van der Waals surface area contributed by atoms with E-state index < -0.39 is 75.6 Å². The van der Waals surface area contributed by atoms with Crippen molar-refractivity contribution in [1.82, 2.24) is 4.90 Å². The fraction of sp³-hybridized carbons (Fsp3) is 0.409. The number of fused-ring (bicyclic) bond motifs is 3. The molecule has 0 saturated heterocycles. The van der Waals surface area contributed by atoms with E-state index in [9.17, 15) is 39.9 Å². The van der Waals surface area contributed by atoms with Crippen molar-refractivity contribution in [2.24, 2.45) is 17.6 Å². The number of aliphatic hydroxyl groups is 4. The predicted molar refractivity (Wildman–Crippen MR) is 110 cm³/mol. The Labute approximate surface area is 182 Å². The number of carbonyl (C=O) groups excluding carboxylic acids is 3. The number of primary amides is 1. The maximum Gasteiger partial charge on any atom is 0.255 e. The normalized spacial score (nSPS) is 34.4. The van der Waals surface area contributed by atoms with Crippen LogP contribution in [0.25, 0.3) is 5.76 Å². The Kier molecular flexibility index (Phi) is 4.74. The number of nitrogens with zero attached hydrogens (tertiary/aromatic N) is 1. The molecule has 0 unspecified atom stereocenters. The molecular weight excluding hydrogens is 420 g/mol. The molecule has 0 aliphatic heterocycles. The van der Waals surface area contributed by atoms with E-state index in [1.165, 1.54) is 25.1 Å². The van der Waals surface area contributed by atoms with Gasteiger partial charge in [0.15, 0.2) is 11.4 Å². The lowest BCUT2D eigenvalue weighted by Crippen LogP contribution is -2.70. The molecule has 1 aromatic rings. The van der Waals surface area contributed by atoms with Gasteiger partial charge in [0.2, 0.25) is 5.78 Å². The van der Waals surface area contributed by atoms with Crippen LogP contribution >= 0.6 is 0 Å². The molecule has 1 fully saturated rings. The first kappa shape index (κ1) is 22.0. The first-order valence-electron chi connectivity index (χ1n) is 10.0. The van der Waals surface area contributed by atoms with Crippen molar-refractivity contribution in [1.29, 1.82) is 0 Å². The van der Waals surface area contributed by atoms with Gasteiger partial charge in [-0.1, -0.05) is 19.1 Å². The number of ketones is 2. The van der Waals surface area contributed by atoms with Crippen LogP contribution in [0, 0.1) is 11.8 Å². The smallest absolute Gasteiger partial charge is 0.255 e. The number of phenolic OH excluding ortho intramolecular Hbond substituents is 1. The van der Waals surface area contributed by atoms with Crippen LogP contribution in [0.3, 0.4) is 0 Å². The number of carbonyl (C=O) groups is 3. The highest BCUT2D eigenvalue weighted by atomic mass is 16.4. The highest BCUT2D eigenvalue weighted by molar-refractivity contribution is 6.24. The zero-order valence-corrected chi connectivity index (χ0v) is 17.6. The second-order valence-corrected chi connectivity index (χ2v) is 8.79. The molecule has 0 aromatic heterocycles. The number of rotatable bonds is 2. The maximum absolute atomic E-state index is 13.7. The molecule has 32 heavy (non-hydrogen) atoms. The zero-order valence-electron chi connectivity index (χ0n) is 17.6. The summed E-state index contributed by atoms with van der Waals surface area (Å²) in [6, 6.07) is 3.13. The van der Waals surface area contributed by atoms with Gasteiger partial charge >= 0.3 is 0 Å². The maximum atomic E-state index is 13.7. The fourth-order valence-corrected chi connectivity index (χ4v) is 5.58. The summed E-state index contributed by atoms with van der Waals surface area (Å²) >= 11 is 0. The number of aliphatic hydroxyl groups excluding tert-OH is 3. The predicted octanol–water partition coefficient (Wildman–Crippen LogP) is -0.504. The van der Waals surface area contributed by atoms with Crippen LogP contribution in [0.4, 0.5) is 0 Å². The lowest BCUT2D eigenvalue weighted by atomic mass is 9.54. The third-order valence-electron chi connectivity index (χ3n) is 6.99. The quantitative estimate of drug-likeness (QED) is 0.327. The Morgan fingerprint density at radius 2 is 1.78 bits per heavy atom. The van der Waals surface area contributed by atoms with Gasteiger partial charge in [-0.3, -0.25) is 19.3 Å². The number of likely N-dealkylation sites (N-methyl/N-ethyl adjacent to an activating group) is 1. The van der Waals surface area contributed by atoms with Gasteiger partial charge in [-0.05, 0) is 31.6 Å². The summed E-state index contributed by atoms with van der Waals surface area (Å²) in [5.41, 5.74) is 1.47. The van der Waals surface area contributed by atoms with E-state index in [-0.39, 0.29) is 11.3 Å². The van der Waals surface area contributed by atoms with E-state index in [1.807, 2.05) is 0 Å². The highest BCUT2D eigenvalue weighted by Crippen LogP contribution is 2.55. The molecule has 0 spiro atoms. The fourth-order valence-electron chi connectivity index (χ4n) is 5.58. The molecule has 6 atom stereocenters. The summed E-state index contributed by atoms with van der Waals surface area (Å²) in [4.78, 5) is 40.0. The summed E-state index contributed by atoms with van der Waals surface area (Å²) in [7, 11) is 2.92. The monoisotopic (exact) mass is 444 g/mol. The Hall–Kier alpha value is -3.21. The van der Waals surface area contributed by atoms with E-state index in [4.69, 9.17) is 5.73 Å². The Balaban J connectivity index is 2.07. The van der Waals surface area contributed by atoms with Crippen molar-refractivity contribution in [2.75, 3.05) is 14.1 Å². The lowest BCUT2D eigenvalue weighted by molar-refractivity contribution is -0.169. The van der Waals surface area contributed by atoms with E-state index in [2.05, 4.69) is 0 Å². The molecule has 3 aliphatic carbocycles. The molecule has 10 nitrogen and oxygen atoms in total. The van der Waals surface area contributed by atoms with E-state index in [1.54, 1.807) is 19.1 Å². The number of aromatic hydroxyl groups is 1. The van der Waals surface area contributed by atoms with Gasteiger partial charge in [0, 0.05) is 11.5 Å². The molecule has 4 rings (SSSR count). The summed E-state index contributed by atoms with van der Waals surface area (Å²) in [6.45, 7) is 1.68. The molecule has 170 valence electrons.